The summed E-state index contributed by atoms with van der Waals surface area (Å²) in [7, 11) is 0. The van der Waals surface area contributed by atoms with E-state index >= 15 is 0 Å². The summed E-state index contributed by atoms with van der Waals surface area (Å²) in [6, 6.07) is 5.62. The van der Waals surface area contributed by atoms with Gasteiger partial charge in [0.25, 0.3) is 0 Å². The highest BCUT2D eigenvalue weighted by atomic mass is 19.1. The van der Waals surface area contributed by atoms with Crippen LogP contribution in [0.3, 0.4) is 0 Å². The predicted octanol–water partition coefficient (Wildman–Crippen LogP) is 3.16. The lowest BCUT2D eigenvalue weighted by molar-refractivity contribution is 0.471. The van der Waals surface area contributed by atoms with E-state index in [4.69, 9.17) is 0 Å². The smallest absolute Gasteiger partial charge is 0.243 e. The van der Waals surface area contributed by atoms with E-state index in [0.717, 1.165) is 11.4 Å². The number of hydrogen-bond acceptors (Lipinski definition) is 5. The topological polar surface area (TPSA) is 70.4 Å². The fourth-order valence-electron chi connectivity index (χ4n) is 1.96. The summed E-state index contributed by atoms with van der Waals surface area (Å²) in [6.07, 6.45) is 0.523. The van der Waals surface area contributed by atoms with Gasteiger partial charge in [-0.15, -0.1) is 0 Å². The number of aryl methyl sites for hydroxylation is 2. The molecule has 2 N–H and O–H groups in total. The van der Waals surface area contributed by atoms with Gasteiger partial charge in [-0.1, -0.05) is 6.92 Å². The standard InChI is InChI=1S/C15H17FN4O/c1-4-13(12-8-11(16)5-6-14(12)21)19-20-15-17-9(2)7-10(3)18-15/h5-8,21H,4H2,1-3H3,(H,17,18,20)/b19-13+. The number of aromatic hydroxyl groups is 1. The number of nitrogens with zero attached hydrogens (tertiary/aromatic N) is 3. The van der Waals surface area contributed by atoms with Crippen LogP contribution in [0.25, 0.3) is 0 Å². The zero-order valence-corrected chi connectivity index (χ0v) is 12.2. The molecule has 2 rings (SSSR count). The predicted molar refractivity (Wildman–Crippen MR) is 80.0 cm³/mol. The van der Waals surface area contributed by atoms with Crippen LogP contribution in [0.2, 0.25) is 0 Å². The third-order valence-electron chi connectivity index (χ3n) is 2.88. The molecule has 0 bridgehead atoms. The highest BCUT2D eigenvalue weighted by Gasteiger charge is 2.09. The molecule has 1 aromatic heterocycles. The molecule has 0 saturated heterocycles. The van der Waals surface area contributed by atoms with Crippen molar-refractivity contribution in [3.05, 3.63) is 47.0 Å². The molecule has 0 saturated carbocycles. The molecule has 1 heterocycles. The van der Waals surface area contributed by atoms with Gasteiger partial charge in [0.15, 0.2) is 0 Å². The second kappa shape index (κ2) is 6.30. The zero-order chi connectivity index (χ0) is 15.4. The third kappa shape index (κ3) is 3.75. The van der Waals surface area contributed by atoms with Crippen LogP contribution in [0.4, 0.5) is 10.3 Å². The van der Waals surface area contributed by atoms with E-state index in [1.807, 2.05) is 26.8 Å². The number of rotatable bonds is 4. The lowest BCUT2D eigenvalue weighted by Crippen LogP contribution is -2.06. The Morgan fingerprint density at radius 1 is 1.24 bits per heavy atom. The summed E-state index contributed by atoms with van der Waals surface area (Å²) in [5.41, 5.74) is 5.29. The number of nitrogens with one attached hydrogen (secondary N) is 1. The quantitative estimate of drug-likeness (QED) is 0.669. The van der Waals surface area contributed by atoms with Gasteiger partial charge in [0.05, 0.1) is 5.71 Å². The number of halogens is 1. The molecule has 110 valence electrons. The van der Waals surface area contributed by atoms with Crippen molar-refractivity contribution in [1.82, 2.24) is 9.97 Å². The molecule has 0 aliphatic carbocycles. The van der Waals surface area contributed by atoms with Gasteiger partial charge in [-0.05, 0) is 44.5 Å². The first kappa shape index (κ1) is 14.9. The van der Waals surface area contributed by atoms with Crippen LogP contribution in [0.15, 0.2) is 29.4 Å². The molecule has 5 nitrogen and oxygen atoms in total. The molecule has 0 unspecified atom stereocenters. The molecule has 6 heteroatoms. The number of phenols is 1. The molecule has 0 atom stereocenters. The number of anilines is 1. The average molecular weight is 288 g/mol. The van der Waals surface area contributed by atoms with Gasteiger partial charge in [0.1, 0.15) is 11.6 Å². The van der Waals surface area contributed by atoms with E-state index in [2.05, 4.69) is 20.5 Å². The van der Waals surface area contributed by atoms with Crippen LogP contribution in [-0.4, -0.2) is 20.8 Å². The number of hydrazone groups is 1. The summed E-state index contributed by atoms with van der Waals surface area (Å²) < 4.78 is 13.3. The zero-order valence-electron chi connectivity index (χ0n) is 12.2. The van der Waals surface area contributed by atoms with Crippen molar-refractivity contribution in [2.45, 2.75) is 27.2 Å². The largest absolute Gasteiger partial charge is 0.507 e. The minimum atomic E-state index is -0.424. The van der Waals surface area contributed by atoms with E-state index in [1.54, 1.807) is 0 Å². The Morgan fingerprint density at radius 2 is 1.90 bits per heavy atom. The fraction of sp³-hybridized carbons (Fsp3) is 0.267. The molecular weight excluding hydrogens is 271 g/mol. The Morgan fingerprint density at radius 3 is 2.52 bits per heavy atom. The first-order valence-corrected chi connectivity index (χ1v) is 6.63. The molecule has 0 aliphatic rings. The van der Waals surface area contributed by atoms with E-state index in [0.29, 0.717) is 23.6 Å². The molecular formula is C15H17FN4O. The van der Waals surface area contributed by atoms with Gasteiger partial charge in [0.2, 0.25) is 5.95 Å². The van der Waals surface area contributed by atoms with E-state index in [-0.39, 0.29) is 5.75 Å². The third-order valence-corrected chi connectivity index (χ3v) is 2.88. The Kier molecular flexibility index (Phi) is 4.47. The van der Waals surface area contributed by atoms with Crippen molar-refractivity contribution in [3.8, 4) is 5.75 Å². The molecule has 0 fully saturated rings. The molecule has 2 aromatic rings. The molecule has 0 radical (unpaired) electrons. The number of aromatic nitrogens is 2. The molecule has 0 aliphatic heterocycles. The van der Waals surface area contributed by atoms with Crippen LogP contribution in [0.1, 0.15) is 30.3 Å². The van der Waals surface area contributed by atoms with Crippen molar-refractivity contribution in [2.24, 2.45) is 5.10 Å². The van der Waals surface area contributed by atoms with Crippen molar-refractivity contribution in [2.75, 3.05) is 5.43 Å². The van der Waals surface area contributed by atoms with Gasteiger partial charge in [-0.2, -0.15) is 5.10 Å². The Balaban J connectivity index is 2.30. The first-order valence-electron chi connectivity index (χ1n) is 6.63. The van der Waals surface area contributed by atoms with Crippen molar-refractivity contribution >= 4 is 11.7 Å². The molecule has 0 amide bonds. The summed E-state index contributed by atoms with van der Waals surface area (Å²) in [6.45, 7) is 5.60. The minimum absolute atomic E-state index is 0.0138. The normalized spacial score (nSPS) is 11.5. The van der Waals surface area contributed by atoms with Crippen LogP contribution in [-0.2, 0) is 0 Å². The number of phenolic OH excluding ortho intramolecular Hbond substituents is 1. The number of hydrogen-bond donors (Lipinski definition) is 2. The highest BCUT2D eigenvalue weighted by molar-refractivity contribution is 6.02. The van der Waals surface area contributed by atoms with Crippen LogP contribution in [0.5, 0.6) is 5.75 Å². The second-order valence-electron chi connectivity index (χ2n) is 4.66. The Labute approximate surface area is 122 Å². The minimum Gasteiger partial charge on any atom is -0.507 e. The average Bonchev–Trinajstić information content (AvgIpc) is 2.42. The van der Waals surface area contributed by atoms with Gasteiger partial charge < -0.3 is 5.11 Å². The van der Waals surface area contributed by atoms with Gasteiger partial charge in [0, 0.05) is 17.0 Å². The summed E-state index contributed by atoms with van der Waals surface area (Å²) in [5.74, 6) is -0.0684. The summed E-state index contributed by atoms with van der Waals surface area (Å²) >= 11 is 0. The van der Waals surface area contributed by atoms with Crippen molar-refractivity contribution in [1.29, 1.82) is 0 Å². The van der Waals surface area contributed by atoms with Crippen LogP contribution in [0, 0.1) is 19.7 Å². The van der Waals surface area contributed by atoms with E-state index in [1.165, 1.54) is 18.2 Å². The van der Waals surface area contributed by atoms with Crippen LogP contribution >= 0.6 is 0 Å². The molecule has 0 spiro atoms. The van der Waals surface area contributed by atoms with E-state index in [9.17, 15) is 9.50 Å². The van der Waals surface area contributed by atoms with Gasteiger partial charge in [-0.3, -0.25) is 0 Å². The Bertz CT molecular complexity index is 665. The summed E-state index contributed by atoms with van der Waals surface area (Å²) in [4.78, 5) is 8.42. The lowest BCUT2D eigenvalue weighted by atomic mass is 10.1. The Hall–Kier alpha value is -2.50. The van der Waals surface area contributed by atoms with E-state index < -0.39 is 5.82 Å². The maximum Gasteiger partial charge on any atom is 0.243 e. The van der Waals surface area contributed by atoms with Gasteiger partial charge >= 0.3 is 0 Å². The van der Waals surface area contributed by atoms with Crippen molar-refractivity contribution < 1.29 is 9.50 Å². The maximum atomic E-state index is 13.3. The number of benzene rings is 1. The van der Waals surface area contributed by atoms with Crippen LogP contribution < -0.4 is 5.43 Å². The second-order valence-corrected chi connectivity index (χ2v) is 4.66. The summed E-state index contributed by atoms with van der Waals surface area (Å²) in [5, 5.41) is 14.0. The SMILES string of the molecule is CC/C(=N\Nc1nc(C)cc(C)n1)c1cc(F)ccc1O. The van der Waals surface area contributed by atoms with Gasteiger partial charge in [-0.25, -0.2) is 19.8 Å². The lowest BCUT2D eigenvalue weighted by Gasteiger charge is -2.08. The monoisotopic (exact) mass is 288 g/mol. The van der Waals surface area contributed by atoms with Crippen molar-refractivity contribution in [3.63, 3.8) is 0 Å². The highest BCUT2D eigenvalue weighted by Crippen LogP contribution is 2.20. The fourth-order valence-corrected chi connectivity index (χ4v) is 1.96. The maximum absolute atomic E-state index is 13.3. The first-order chi connectivity index (χ1) is 9.99. The molecule has 1 aromatic carbocycles. The molecule has 21 heavy (non-hydrogen) atoms.